The normalized spacial score (nSPS) is 14.0. The number of amides is 2. The van der Waals surface area contributed by atoms with Gasteiger partial charge >= 0.3 is 12.2 Å². The second-order valence-corrected chi connectivity index (χ2v) is 6.93. The van der Waals surface area contributed by atoms with Gasteiger partial charge in [0.15, 0.2) is 5.60 Å². The second-order valence-electron chi connectivity index (χ2n) is 5.87. The van der Waals surface area contributed by atoms with Crippen molar-refractivity contribution in [3.8, 4) is 0 Å². The number of aliphatic hydroxyl groups is 1. The molecule has 0 unspecified atom stereocenters. The SMILES string of the molecule is CN(C[C@](C)(O)C(F)(F)F)C(=O)Nc1nnc(Cc2cccc(F)c2)s1. The highest BCUT2D eigenvalue weighted by Crippen LogP contribution is 2.30. The Balaban J connectivity index is 1.96. The van der Waals surface area contributed by atoms with Crippen molar-refractivity contribution in [2.45, 2.75) is 25.1 Å². The van der Waals surface area contributed by atoms with Gasteiger partial charge in [0.05, 0.1) is 6.54 Å². The van der Waals surface area contributed by atoms with Crippen molar-refractivity contribution in [3.05, 3.63) is 40.7 Å². The number of carbonyl (C=O) groups excluding carboxylic acids is 1. The number of alkyl halides is 3. The molecule has 0 bridgehead atoms. The summed E-state index contributed by atoms with van der Waals surface area (Å²) in [6.45, 7) is -0.365. The highest BCUT2D eigenvalue weighted by molar-refractivity contribution is 7.15. The number of hydrogen-bond acceptors (Lipinski definition) is 5. The fraction of sp³-hybridized carbons (Fsp3) is 0.400. The first-order valence-corrected chi connectivity index (χ1v) is 8.17. The minimum absolute atomic E-state index is 0.0832. The number of anilines is 1. The van der Waals surface area contributed by atoms with E-state index in [1.807, 2.05) is 0 Å². The zero-order valence-corrected chi connectivity index (χ0v) is 14.7. The number of carbonyl (C=O) groups is 1. The number of hydrogen-bond donors (Lipinski definition) is 2. The first-order valence-electron chi connectivity index (χ1n) is 7.36. The molecule has 0 saturated heterocycles. The van der Waals surface area contributed by atoms with Gasteiger partial charge in [-0.15, -0.1) is 10.2 Å². The zero-order valence-electron chi connectivity index (χ0n) is 13.8. The average Bonchev–Trinajstić information content (AvgIpc) is 2.92. The lowest BCUT2D eigenvalue weighted by atomic mass is 10.1. The average molecular weight is 392 g/mol. The predicted molar refractivity (Wildman–Crippen MR) is 87.4 cm³/mol. The molecule has 6 nitrogen and oxygen atoms in total. The molecule has 2 rings (SSSR count). The highest BCUT2D eigenvalue weighted by Gasteiger charge is 2.50. The fourth-order valence-corrected chi connectivity index (χ4v) is 2.77. The van der Waals surface area contributed by atoms with Crippen LogP contribution in [0.1, 0.15) is 17.5 Å². The van der Waals surface area contributed by atoms with Gasteiger partial charge in [-0.2, -0.15) is 13.2 Å². The Morgan fingerprint density at radius 2 is 2.04 bits per heavy atom. The summed E-state index contributed by atoms with van der Waals surface area (Å²) >= 11 is 1.01. The summed E-state index contributed by atoms with van der Waals surface area (Å²) in [5, 5.41) is 19.9. The first-order chi connectivity index (χ1) is 12.0. The van der Waals surface area contributed by atoms with Gasteiger partial charge in [-0.05, 0) is 24.6 Å². The van der Waals surface area contributed by atoms with Crippen molar-refractivity contribution >= 4 is 22.5 Å². The van der Waals surface area contributed by atoms with Crippen LogP contribution in [0.15, 0.2) is 24.3 Å². The number of likely N-dealkylation sites (N-methyl/N-ethyl adjacent to an activating group) is 1. The monoisotopic (exact) mass is 392 g/mol. The van der Waals surface area contributed by atoms with E-state index < -0.39 is 24.4 Å². The topological polar surface area (TPSA) is 78.4 Å². The fourth-order valence-electron chi connectivity index (χ4n) is 2.01. The quantitative estimate of drug-likeness (QED) is 0.767. The van der Waals surface area contributed by atoms with E-state index >= 15 is 0 Å². The van der Waals surface area contributed by atoms with Crippen molar-refractivity contribution in [1.82, 2.24) is 15.1 Å². The molecule has 0 aliphatic rings. The maximum atomic E-state index is 13.2. The van der Waals surface area contributed by atoms with Crippen LogP contribution in [-0.2, 0) is 6.42 Å². The van der Waals surface area contributed by atoms with Crippen molar-refractivity contribution in [3.63, 3.8) is 0 Å². The van der Waals surface area contributed by atoms with E-state index in [1.165, 1.54) is 12.1 Å². The molecule has 0 radical (unpaired) electrons. The molecule has 11 heteroatoms. The summed E-state index contributed by atoms with van der Waals surface area (Å²) in [6.07, 6.45) is -4.58. The molecule has 1 atom stereocenters. The number of nitrogens with zero attached hydrogens (tertiary/aromatic N) is 3. The Hall–Kier alpha value is -2.27. The van der Waals surface area contributed by atoms with E-state index in [9.17, 15) is 27.5 Å². The highest BCUT2D eigenvalue weighted by atomic mass is 32.1. The third-order valence-corrected chi connectivity index (χ3v) is 4.27. The van der Waals surface area contributed by atoms with Crippen LogP contribution in [-0.4, -0.2) is 51.6 Å². The summed E-state index contributed by atoms with van der Waals surface area (Å²) in [5.74, 6) is -0.390. The van der Waals surface area contributed by atoms with Gasteiger partial charge in [0.25, 0.3) is 0 Å². The lowest BCUT2D eigenvalue weighted by molar-refractivity contribution is -0.254. The molecule has 1 heterocycles. The number of urea groups is 1. The predicted octanol–water partition coefficient (Wildman–Crippen LogP) is 3.05. The van der Waals surface area contributed by atoms with Crippen LogP contribution in [0.25, 0.3) is 0 Å². The van der Waals surface area contributed by atoms with E-state index in [-0.39, 0.29) is 10.9 Å². The zero-order chi connectivity index (χ0) is 19.5. The van der Waals surface area contributed by atoms with Crippen LogP contribution in [0.4, 0.5) is 27.5 Å². The number of nitrogens with one attached hydrogen (secondary N) is 1. The van der Waals surface area contributed by atoms with Crippen molar-refractivity contribution in [1.29, 1.82) is 0 Å². The summed E-state index contributed by atoms with van der Waals surface area (Å²) in [4.78, 5) is 12.7. The Labute approximate surface area is 150 Å². The van der Waals surface area contributed by atoms with Crippen molar-refractivity contribution in [2.24, 2.45) is 0 Å². The molecule has 0 saturated carbocycles. The molecule has 26 heavy (non-hydrogen) atoms. The van der Waals surface area contributed by atoms with Gasteiger partial charge in [0.2, 0.25) is 5.13 Å². The van der Waals surface area contributed by atoms with Crippen LogP contribution in [0, 0.1) is 5.82 Å². The maximum Gasteiger partial charge on any atom is 0.418 e. The second kappa shape index (κ2) is 7.54. The van der Waals surface area contributed by atoms with Crippen molar-refractivity contribution < 1.29 is 27.5 Å². The number of benzene rings is 1. The van der Waals surface area contributed by atoms with Crippen LogP contribution >= 0.6 is 11.3 Å². The molecule has 0 spiro atoms. The van der Waals surface area contributed by atoms with Crippen LogP contribution in [0.2, 0.25) is 0 Å². The minimum atomic E-state index is -4.87. The molecule has 2 N–H and O–H groups in total. The smallest absolute Gasteiger partial charge is 0.379 e. The van der Waals surface area contributed by atoms with Crippen LogP contribution in [0.5, 0.6) is 0 Å². The maximum absolute atomic E-state index is 13.2. The van der Waals surface area contributed by atoms with Gasteiger partial charge in [-0.3, -0.25) is 5.32 Å². The molecule has 2 amide bonds. The van der Waals surface area contributed by atoms with Gasteiger partial charge in [0.1, 0.15) is 10.8 Å². The third kappa shape index (κ3) is 5.11. The summed E-state index contributed by atoms with van der Waals surface area (Å²) in [7, 11) is 1.12. The lowest BCUT2D eigenvalue weighted by Gasteiger charge is -2.30. The van der Waals surface area contributed by atoms with Gasteiger partial charge in [0, 0.05) is 13.5 Å². The Kier molecular flexibility index (Phi) is 5.81. The number of rotatable bonds is 5. The summed E-state index contributed by atoms with van der Waals surface area (Å²) in [5.41, 5.74) is -2.37. The van der Waals surface area contributed by atoms with Crippen LogP contribution in [0.3, 0.4) is 0 Å². The molecular weight excluding hydrogens is 376 g/mol. The molecule has 1 aromatic heterocycles. The van der Waals surface area contributed by atoms with E-state index in [1.54, 1.807) is 12.1 Å². The Morgan fingerprint density at radius 3 is 2.65 bits per heavy atom. The van der Waals surface area contributed by atoms with E-state index in [4.69, 9.17) is 0 Å². The third-order valence-electron chi connectivity index (χ3n) is 3.43. The molecule has 142 valence electrons. The Bertz CT molecular complexity index is 779. The van der Waals surface area contributed by atoms with Gasteiger partial charge in [-0.25, -0.2) is 9.18 Å². The van der Waals surface area contributed by atoms with Crippen LogP contribution < -0.4 is 5.32 Å². The lowest BCUT2D eigenvalue weighted by Crippen LogP contribution is -2.52. The largest absolute Gasteiger partial charge is 0.418 e. The standard InChI is InChI=1S/C15H16F4N4O2S/c1-14(25,15(17,18)19)8-23(2)13(24)20-12-22-21-11(26-12)7-9-4-3-5-10(16)6-9/h3-6,25H,7-8H2,1-2H3,(H,20,22,24)/t14-/m0/s1. The molecular formula is C15H16F4N4O2S. The minimum Gasteiger partial charge on any atom is -0.379 e. The van der Waals surface area contributed by atoms with Gasteiger partial charge in [-0.1, -0.05) is 23.5 Å². The molecule has 0 aliphatic heterocycles. The van der Waals surface area contributed by atoms with Gasteiger partial charge < -0.3 is 10.0 Å². The summed E-state index contributed by atoms with van der Waals surface area (Å²) < 4.78 is 51.2. The van der Waals surface area contributed by atoms with E-state index in [2.05, 4.69) is 15.5 Å². The van der Waals surface area contributed by atoms with Crippen molar-refractivity contribution in [2.75, 3.05) is 18.9 Å². The molecule has 1 aromatic carbocycles. The van der Waals surface area contributed by atoms with E-state index in [0.29, 0.717) is 28.8 Å². The molecule has 0 fully saturated rings. The number of aromatic nitrogens is 2. The first kappa shape index (κ1) is 20.0. The van der Waals surface area contributed by atoms with E-state index in [0.717, 1.165) is 18.4 Å². The molecule has 2 aromatic rings. The summed E-state index contributed by atoms with van der Waals surface area (Å²) in [6, 6.07) is 5.03. The number of halogens is 4. The molecule has 0 aliphatic carbocycles. The Morgan fingerprint density at radius 1 is 1.35 bits per heavy atom.